The molecule has 2 atom stereocenters. The molecule has 0 spiro atoms. The van der Waals surface area contributed by atoms with Gasteiger partial charge in [0, 0.05) is 12.0 Å². The number of fused-ring (bicyclic) bond motifs is 5. The second kappa shape index (κ2) is 8.63. The first-order valence-corrected chi connectivity index (χ1v) is 12.1. The SMILES string of the molecule is COc1cc(C2=CC3CCC(C2)N3C(=O)OCC2c3ccccc3-c3ccccc32)ccc1C#N. The summed E-state index contributed by atoms with van der Waals surface area (Å²) >= 11 is 0. The van der Waals surface area contributed by atoms with Crippen LogP contribution in [-0.4, -0.2) is 36.8 Å². The zero-order chi connectivity index (χ0) is 23.9. The van der Waals surface area contributed by atoms with Crippen molar-refractivity contribution in [3.8, 4) is 22.9 Å². The molecule has 3 aliphatic rings. The molecule has 0 radical (unpaired) electrons. The Morgan fingerprint density at radius 2 is 1.74 bits per heavy atom. The summed E-state index contributed by atoms with van der Waals surface area (Å²) in [7, 11) is 1.58. The third kappa shape index (κ3) is 3.57. The van der Waals surface area contributed by atoms with Crippen molar-refractivity contribution in [1.82, 2.24) is 4.90 Å². The van der Waals surface area contributed by atoms with Gasteiger partial charge in [0.15, 0.2) is 0 Å². The number of carbonyl (C=O) groups excluding carboxylic acids is 1. The number of carbonyl (C=O) groups is 1. The molecule has 1 amide bonds. The molecular weight excluding hydrogens is 436 g/mol. The van der Waals surface area contributed by atoms with Gasteiger partial charge in [0.25, 0.3) is 0 Å². The van der Waals surface area contributed by atoms with Gasteiger partial charge in [-0.3, -0.25) is 4.90 Å². The molecule has 6 rings (SSSR count). The summed E-state index contributed by atoms with van der Waals surface area (Å²) in [6.45, 7) is 0.339. The van der Waals surface area contributed by atoms with Crippen molar-refractivity contribution in [3.05, 3.63) is 95.1 Å². The molecule has 5 heteroatoms. The molecule has 1 saturated heterocycles. The first-order chi connectivity index (χ1) is 17.2. The van der Waals surface area contributed by atoms with E-state index in [1.165, 1.54) is 27.8 Å². The lowest BCUT2D eigenvalue weighted by Gasteiger charge is -2.33. The Balaban J connectivity index is 1.20. The number of hydrogen-bond donors (Lipinski definition) is 0. The van der Waals surface area contributed by atoms with Crippen molar-refractivity contribution < 1.29 is 14.3 Å². The normalized spacial score (nSPS) is 20.0. The van der Waals surface area contributed by atoms with Crippen LogP contribution in [-0.2, 0) is 4.74 Å². The Hall–Kier alpha value is -4.04. The Labute approximate surface area is 205 Å². The monoisotopic (exact) mass is 462 g/mol. The second-order valence-electron chi connectivity index (χ2n) is 9.43. The molecule has 174 valence electrons. The predicted molar refractivity (Wildman–Crippen MR) is 134 cm³/mol. The lowest BCUT2D eigenvalue weighted by molar-refractivity contribution is 0.0866. The lowest BCUT2D eigenvalue weighted by Crippen LogP contribution is -2.43. The fourth-order valence-corrected chi connectivity index (χ4v) is 5.98. The van der Waals surface area contributed by atoms with Gasteiger partial charge in [0.05, 0.1) is 18.7 Å². The quantitative estimate of drug-likeness (QED) is 0.467. The van der Waals surface area contributed by atoms with E-state index in [0.29, 0.717) is 17.9 Å². The summed E-state index contributed by atoms with van der Waals surface area (Å²) in [5.74, 6) is 0.642. The van der Waals surface area contributed by atoms with Gasteiger partial charge in [-0.15, -0.1) is 0 Å². The largest absolute Gasteiger partial charge is 0.495 e. The van der Waals surface area contributed by atoms with Crippen molar-refractivity contribution >= 4 is 11.7 Å². The summed E-state index contributed by atoms with van der Waals surface area (Å²) in [6.07, 6.45) is 4.63. The molecule has 0 saturated carbocycles. The van der Waals surface area contributed by atoms with Crippen LogP contribution in [0.5, 0.6) is 5.75 Å². The van der Waals surface area contributed by atoms with Gasteiger partial charge in [0.1, 0.15) is 18.4 Å². The number of nitriles is 1. The van der Waals surface area contributed by atoms with Crippen molar-refractivity contribution in [2.24, 2.45) is 0 Å². The molecule has 3 aromatic carbocycles. The van der Waals surface area contributed by atoms with E-state index in [-0.39, 0.29) is 24.1 Å². The zero-order valence-electron chi connectivity index (χ0n) is 19.6. The summed E-state index contributed by atoms with van der Waals surface area (Å²) in [5, 5.41) is 9.28. The van der Waals surface area contributed by atoms with Gasteiger partial charge in [0.2, 0.25) is 0 Å². The third-order valence-corrected chi connectivity index (χ3v) is 7.64. The first-order valence-electron chi connectivity index (χ1n) is 12.1. The summed E-state index contributed by atoms with van der Waals surface area (Å²) in [6, 6.07) is 24.8. The minimum atomic E-state index is -0.230. The van der Waals surface area contributed by atoms with Gasteiger partial charge in [-0.1, -0.05) is 60.7 Å². The fraction of sp³-hybridized carbons (Fsp3) is 0.267. The minimum Gasteiger partial charge on any atom is -0.495 e. The van der Waals surface area contributed by atoms with Crippen molar-refractivity contribution in [2.75, 3.05) is 13.7 Å². The number of amides is 1. The highest BCUT2D eigenvalue weighted by Crippen LogP contribution is 2.45. The van der Waals surface area contributed by atoms with Crippen LogP contribution >= 0.6 is 0 Å². The van der Waals surface area contributed by atoms with E-state index in [2.05, 4.69) is 60.7 Å². The maximum Gasteiger partial charge on any atom is 0.410 e. The number of ether oxygens (including phenoxy) is 2. The van der Waals surface area contributed by atoms with Gasteiger partial charge in [-0.05, 0) is 64.8 Å². The lowest BCUT2D eigenvalue weighted by atomic mass is 9.94. The number of methoxy groups -OCH3 is 1. The summed E-state index contributed by atoms with van der Waals surface area (Å²) < 4.78 is 11.4. The van der Waals surface area contributed by atoms with E-state index in [4.69, 9.17) is 9.47 Å². The Bertz CT molecular complexity index is 1340. The summed E-state index contributed by atoms with van der Waals surface area (Å²) in [4.78, 5) is 15.2. The van der Waals surface area contributed by atoms with Crippen molar-refractivity contribution in [2.45, 2.75) is 37.3 Å². The second-order valence-corrected chi connectivity index (χ2v) is 9.43. The molecule has 2 aliphatic heterocycles. The van der Waals surface area contributed by atoms with Gasteiger partial charge < -0.3 is 9.47 Å². The smallest absolute Gasteiger partial charge is 0.410 e. The predicted octanol–water partition coefficient (Wildman–Crippen LogP) is 6.14. The molecule has 2 bridgehead atoms. The van der Waals surface area contributed by atoms with E-state index in [0.717, 1.165) is 24.8 Å². The number of rotatable bonds is 4. The van der Waals surface area contributed by atoms with Crippen LogP contribution in [0.15, 0.2) is 72.8 Å². The van der Waals surface area contributed by atoms with Crippen LogP contribution in [0.25, 0.3) is 16.7 Å². The molecule has 0 N–H and O–H groups in total. The van der Waals surface area contributed by atoms with Crippen LogP contribution in [0.3, 0.4) is 0 Å². The first kappa shape index (κ1) is 21.5. The van der Waals surface area contributed by atoms with Crippen LogP contribution in [0, 0.1) is 11.3 Å². The Morgan fingerprint density at radius 3 is 2.40 bits per heavy atom. The van der Waals surface area contributed by atoms with Crippen molar-refractivity contribution in [1.29, 1.82) is 5.26 Å². The third-order valence-electron chi connectivity index (χ3n) is 7.64. The summed E-state index contributed by atoms with van der Waals surface area (Å²) in [5.41, 5.74) is 7.67. The molecule has 5 nitrogen and oxygen atoms in total. The van der Waals surface area contributed by atoms with Gasteiger partial charge in [-0.2, -0.15) is 5.26 Å². The number of hydrogen-bond acceptors (Lipinski definition) is 4. The maximum absolute atomic E-state index is 13.3. The standard InChI is InChI=1S/C30H26N2O3/c1-34-29-16-19(10-11-20(29)17-31)21-14-22-12-13-23(15-21)32(22)30(33)35-18-28-26-8-4-2-6-24(26)25-7-3-5-9-27(25)28/h2-11,14,16,22-23,28H,12-13,15,18H2,1H3. The molecule has 3 aromatic rings. The average molecular weight is 463 g/mol. The Morgan fingerprint density at radius 1 is 1.03 bits per heavy atom. The molecule has 2 heterocycles. The van der Waals surface area contributed by atoms with E-state index < -0.39 is 0 Å². The Kier molecular flexibility index (Phi) is 5.30. The molecule has 35 heavy (non-hydrogen) atoms. The molecule has 0 aromatic heterocycles. The van der Waals surface area contributed by atoms with Crippen LogP contribution in [0.2, 0.25) is 0 Å². The van der Waals surface area contributed by atoms with Gasteiger partial charge >= 0.3 is 6.09 Å². The molecule has 1 fully saturated rings. The minimum absolute atomic E-state index is 0.0287. The number of benzene rings is 3. The highest BCUT2D eigenvalue weighted by Gasteiger charge is 2.41. The van der Waals surface area contributed by atoms with Crippen LogP contribution in [0.1, 0.15) is 47.4 Å². The van der Waals surface area contributed by atoms with Crippen LogP contribution in [0.4, 0.5) is 4.79 Å². The van der Waals surface area contributed by atoms with E-state index in [1.807, 2.05) is 17.0 Å². The van der Waals surface area contributed by atoms with Crippen molar-refractivity contribution in [3.63, 3.8) is 0 Å². The molecule has 2 unspecified atom stereocenters. The zero-order valence-corrected chi connectivity index (χ0v) is 19.6. The van der Waals surface area contributed by atoms with Crippen LogP contribution < -0.4 is 4.74 Å². The average Bonchev–Trinajstić information content (AvgIpc) is 3.37. The molecular formula is C30H26N2O3. The fourth-order valence-electron chi connectivity index (χ4n) is 5.98. The van der Waals surface area contributed by atoms with Gasteiger partial charge in [-0.25, -0.2) is 4.79 Å². The van der Waals surface area contributed by atoms with E-state index >= 15 is 0 Å². The van der Waals surface area contributed by atoms with E-state index in [1.54, 1.807) is 13.2 Å². The molecule has 1 aliphatic carbocycles. The topological polar surface area (TPSA) is 62.6 Å². The highest BCUT2D eigenvalue weighted by molar-refractivity contribution is 5.79. The van der Waals surface area contributed by atoms with E-state index in [9.17, 15) is 10.1 Å². The number of nitrogens with zero attached hydrogens (tertiary/aromatic N) is 2. The maximum atomic E-state index is 13.3. The highest BCUT2D eigenvalue weighted by atomic mass is 16.6.